The topological polar surface area (TPSA) is 50.4 Å². The van der Waals surface area contributed by atoms with Crippen molar-refractivity contribution in [3.8, 4) is 18.1 Å². The van der Waals surface area contributed by atoms with E-state index in [1.807, 2.05) is 0 Å². The first kappa shape index (κ1) is 18.7. The van der Waals surface area contributed by atoms with Crippen molar-refractivity contribution in [2.75, 3.05) is 19.0 Å². The van der Waals surface area contributed by atoms with Gasteiger partial charge in [-0.15, -0.1) is 6.42 Å². The largest absolute Gasteiger partial charge is 0.497 e. The molecule has 2 N–H and O–H groups in total. The van der Waals surface area contributed by atoms with Crippen LogP contribution in [0.25, 0.3) is 0 Å². The van der Waals surface area contributed by atoms with Crippen molar-refractivity contribution in [2.24, 2.45) is 0 Å². The van der Waals surface area contributed by atoms with Crippen LogP contribution >= 0.6 is 0 Å². The number of hydrogen-bond acceptors (Lipinski definition) is 3. The number of benzene rings is 1. The maximum Gasteiger partial charge on any atom is 0.390 e. The fraction of sp³-hybridized carbons (Fsp3) is 0.438. The highest BCUT2D eigenvalue weighted by Gasteiger charge is 2.27. The van der Waals surface area contributed by atoms with E-state index in [4.69, 9.17) is 11.2 Å². The molecule has 0 saturated heterocycles. The summed E-state index contributed by atoms with van der Waals surface area (Å²) in [5.41, 5.74) is -0.435. The van der Waals surface area contributed by atoms with Crippen molar-refractivity contribution in [1.29, 1.82) is 0 Å². The number of terminal acetylenes is 1. The minimum Gasteiger partial charge on any atom is -0.497 e. The zero-order valence-corrected chi connectivity index (χ0v) is 13.2. The average Bonchev–Trinajstić information content (AvgIpc) is 2.45. The summed E-state index contributed by atoms with van der Waals surface area (Å²) in [5, 5.41) is 5.25. The first-order valence-electron chi connectivity index (χ1n) is 6.87. The maximum atomic E-state index is 12.3. The van der Waals surface area contributed by atoms with Crippen LogP contribution in [-0.2, 0) is 0 Å². The minimum absolute atomic E-state index is 0.191. The summed E-state index contributed by atoms with van der Waals surface area (Å²) in [6.07, 6.45) is 0.0283. The molecule has 1 aromatic rings. The van der Waals surface area contributed by atoms with E-state index >= 15 is 0 Å². The van der Waals surface area contributed by atoms with E-state index in [1.165, 1.54) is 19.2 Å². The summed E-state index contributed by atoms with van der Waals surface area (Å²) >= 11 is 0. The summed E-state index contributed by atoms with van der Waals surface area (Å²) in [6, 6.07) is 4.48. The van der Waals surface area contributed by atoms with Gasteiger partial charge in [0.15, 0.2) is 0 Å². The Morgan fingerprint density at radius 1 is 1.35 bits per heavy atom. The highest BCUT2D eigenvalue weighted by atomic mass is 19.4. The van der Waals surface area contributed by atoms with E-state index < -0.39 is 24.0 Å². The second-order valence-corrected chi connectivity index (χ2v) is 5.43. The number of carbonyl (C=O) groups is 1. The molecule has 0 heterocycles. The van der Waals surface area contributed by atoms with Gasteiger partial charge in [0.05, 0.1) is 30.3 Å². The Morgan fingerprint density at radius 3 is 2.52 bits per heavy atom. The van der Waals surface area contributed by atoms with E-state index in [9.17, 15) is 18.0 Å². The third-order valence-corrected chi connectivity index (χ3v) is 2.98. The number of nitrogens with one attached hydrogen (secondary N) is 2. The highest BCUT2D eigenvalue weighted by Crippen LogP contribution is 2.25. The Bertz CT molecular complexity index is 604. The minimum atomic E-state index is -4.28. The van der Waals surface area contributed by atoms with Gasteiger partial charge in [0.1, 0.15) is 5.75 Å². The first-order chi connectivity index (χ1) is 10.6. The van der Waals surface area contributed by atoms with Gasteiger partial charge < -0.3 is 15.4 Å². The molecule has 1 amide bonds. The Hall–Kier alpha value is -2.36. The summed E-state index contributed by atoms with van der Waals surface area (Å²) in [5.74, 6) is 2.36. The zero-order valence-electron chi connectivity index (χ0n) is 13.2. The second kappa shape index (κ2) is 7.27. The number of alkyl halides is 3. The van der Waals surface area contributed by atoms with Gasteiger partial charge in [0.2, 0.25) is 0 Å². The van der Waals surface area contributed by atoms with Crippen LogP contribution in [0.5, 0.6) is 5.75 Å². The Morgan fingerprint density at radius 2 is 2.00 bits per heavy atom. The molecule has 0 bridgehead atoms. The van der Waals surface area contributed by atoms with E-state index in [-0.39, 0.29) is 17.8 Å². The molecule has 1 aromatic carbocycles. The molecule has 126 valence electrons. The molecule has 0 aliphatic rings. The van der Waals surface area contributed by atoms with Crippen molar-refractivity contribution in [3.63, 3.8) is 0 Å². The monoisotopic (exact) mass is 328 g/mol. The van der Waals surface area contributed by atoms with Crippen molar-refractivity contribution in [2.45, 2.75) is 32.0 Å². The molecule has 0 fully saturated rings. The van der Waals surface area contributed by atoms with Crippen LogP contribution in [0.15, 0.2) is 18.2 Å². The highest BCUT2D eigenvalue weighted by molar-refractivity contribution is 6.00. The van der Waals surface area contributed by atoms with Crippen LogP contribution in [0.2, 0.25) is 0 Å². The van der Waals surface area contributed by atoms with Crippen LogP contribution < -0.4 is 15.4 Å². The van der Waals surface area contributed by atoms with Crippen molar-refractivity contribution < 1.29 is 22.7 Å². The van der Waals surface area contributed by atoms with E-state index in [1.54, 1.807) is 19.9 Å². The lowest BCUT2D eigenvalue weighted by Crippen LogP contribution is -2.42. The third kappa shape index (κ3) is 6.10. The molecular formula is C16H19F3N2O2. The molecule has 4 nitrogen and oxygen atoms in total. The SMILES string of the molecule is C#CC(C)(C)NC(=O)c1ccc(OC)cc1NCCC(F)(F)F. The second-order valence-electron chi connectivity index (χ2n) is 5.43. The Labute approximate surface area is 133 Å². The van der Waals surface area contributed by atoms with Crippen molar-refractivity contribution >= 4 is 11.6 Å². The predicted molar refractivity (Wildman–Crippen MR) is 82.5 cm³/mol. The molecule has 0 spiro atoms. The molecule has 0 atom stereocenters. The smallest absolute Gasteiger partial charge is 0.390 e. The number of hydrogen-bond donors (Lipinski definition) is 2. The Kier molecular flexibility index (Phi) is 5.91. The van der Waals surface area contributed by atoms with Crippen LogP contribution in [0.4, 0.5) is 18.9 Å². The van der Waals surface area contributed by atoms with Gasteiger partial charge in [-0.05, 0) is 26.0 Å². The predicted octanol–water partition coefficient (Wildman–Crippen LogP) is 3.20. The van der Waals surface area contributed by atoms with Gasteiger partial charge in [-0.1, -0.05) is 5.92 Å². The van der Waals surface area contributed by atoms with Gasteiger partial charge in [0, 0.05) is 12.6 Å². The van der Waals surface area contributed by atoms with Crippen molar-refractivity contribution in [1.82, 2.24) is 5.32 Å². The van der Waals surface area contributed by atoms with Gasteiger partial charge in [0.25, 0.3) is 5.91 Å². The molecule has 0 unspecified atom stereocenters. The number of halogens is 3. The molecule has 7 heteroatoms. The molecule has 0 radical (unpaired) electrons. The number of amides is 1. The number of carbonyl (C=O) groups excluding carboxylic acids is 1. The summed E-state index contributed by atoms with van der Waals surface area (Å²) in [6.45, 7) is 2.94. The van der Waals surface area contributed by atoms with Gasteiger partial charge >= 0.3 is 6.18 Å². The molecule has 0 aliphatic heterocycles. The van der Waals surface area contributed by atoms with Crippen LogP contribution in [0, 0.1) is 12.3 Å². The Balaban J connectivity index is 2.98. The summed E-state index contributed by atoms with van der Waals surface area (Å²) in [4.78, 5) is 12.3. The first-order valence-corrected chi connectivity index (χ1v) is 6.87. The summed E-state index contributed by atoms with van der Waals surface area (Å²) in [7, 11) is 1.43. The molecule has 0 aromatic heterocycles. The molecule has 0 saturated carbocycles. The maximum absolute atomic E-state index is 12.3. The molecular weight excluding hydrogens is 309 g/mol. The lowest BCUT2D eigenvalue weighted by molar-refractivity contribution is -0.131. The lowest BCUT2D eigenvalue weighted by atomic mass is 10.1. The van der Waals surface area contributed by atoms with E-state index in [0.29, 0.717) is 5.75 Å². The number of rotatable bonds is 6. The van der Waals surface area contributed by atoms with Crippen molar-refractivity contribution in [3.05, 3.63) is 23.8 Å². The number of anilines is 1. The lowest BCUT2D eigenvalue weighted by Gasteiger charge is -2.21. The standard InChI is InChI=1S/C16H19F3N2O2/c1-5-15(2,3)21-14(22)12-7-6-11(23-4)10-13(12)20-9-8-16(17,18)19/h1,6-7,10,20H,8-9H2,2-4H3,(H,21,22). The van der Waals surface area contributed by atoms with Gasteiger partial charge in [-0.3, -0.25) is 4.79 Å². The van der Waals surface area contributed by atoms with Gasteiger partial charge in [-0.25, -0.2) is 0 Å². The summed E-state index contributed by atoms with van der Waals surface area (Å²) < 4.78 is 41.8. The average molecular weight is 328 g/mol. The quantitative estimate of drug-likeness (QED) is 0.789. The van der Waals surface area contributed by atoms with E-state index in [0.717, 1.165) is 0 Å². The van der Waals surface area contributed by atoms with Gasteiger partial charge in [-0.2, -0.15) is 13.2 Å². The number of methoxy groups -OCH3 is 1. The zero-order chi connectivity index (χ0) is 17.7. The molecule has 0 aliphatic carbocycles. The third-order valence-electron chi connectivity index (χ3n) is 2.98. The van der Waals surface area contributed by atoms with Crippen LogP contribution in [0.1, 0.15) is 30.6 Å². The normalized spacial score (nSPS) is 11.5. The molecule has 23 heavy (non-hydrogen) atoms. The van der Waals surface area contributed by atoms with E-state index in [2.05, 4.69) is 16.6 Å². The van der Waals surface area contributed by atoms with Crippen LogP contribution in [0.3, 0.4) is 0 Å². The number of ether oxygens (including phenoxy) is 1. The fourth-order valence-electron chi connectivity index (χ4n) is 1.72. The fourth-order valence-corrected chi connectivity index (χ4v) is 1.72. The molecule has 1 rings (SSSR count). The van der Waals surface area contributed by atoms with Crippen LogP contribution in [-0.4, -0.2) is 31.3 Å².